The molecule has 0 spiro atoms. The average Bonchev–Trinajstić information content (AvgIpc) is 2.88. The molecule has 3 rings (SSSR count). The van der Waals surface area contributed by atoms with Gasteiger partial charge < -0.3 is 10.6 Å². The van der Waals surface area contributed by atoms with Crippen LogP contribution in [-0.4, -0.2) is 23.4 Å². The summed E-state index contributed by atoms with van der Waals surface area (Å²) in [6.45, 7) is 2.92. The first-order chi connectivity index (χ1) is 10.6. The fourth-order valence-electron chi connectivity index (χ4n) is 4.08. The fraction of sp³-hybridized carbons (Fsp3) is 0.611. The molecule has 22 heavy (non-hydrogen) atoms. The summed E-state index contributed by atoms with van der Waals surface area (Å²) in [6.07, 6.45) is 4.76. The van der Waals surface area contributed by atoms with Gasteiger partial charge in [-0.2, -0.15) is 0 Å². The smallest absolute Gasteiger partial charge is 0.226 e. The first-order valence-electron chi connectivity index (χ1n) is 8.38. The van der Waals surface area contributed by atoms with Crippen LogP contribution in [-0.2, 0) is 4.79 Å². The highest BCUT2D eigenvalue weighted by atomic mass is 19.1. The van der Waals surface area contributed by atoms with E-state index in [1.54, 1.807) is 12.1 Å². The number of hydrogen-bond donors (Lipinski definition) is 1. The number of amides is 1. The molecule has 4 heteroatoms. The van der Waals surface area contributed by atoms with Crippen molar-refractivity contribution in [1.29, 1.82) is 0 Å². The van der Waals surface area contributed by atoms with Crippen molar-refractivity contribution in [3.63, 3.8) is 0 Å². The summed E-state index contributed by atoms with van der Waals surface area (Å²) in [5, 5.41) is 0. The number of carbonyl (C=O) groups excluding carboxylic acids is 1. The topological polar surface area (TPSA) is 46.3 Å². The molecule has 1 aromatic rings. The molecule has 2 aliphatic rings. The summed E-state index contributed by atoms with van der Waals surface area (Å²) in [5.41, 5.74) is 6.95. The molecule has 3 nitrogen and oxygen atoms in total. The highest BCUT2D eigenvalue weighted by molar-refractivity contribution is 5.80. The molecule has 2 fully saturated rings. The number of rotatable bonds is 2. The summed E-state index contributed by atoms with van der Waals surface area (Å²) < 4.78 is 13.6. The van der Waals surface area contributed by atoms with Crippen molar-refractivity contribution in [2.24, 2.45) is 17.6 Å². The Bertz CT molecular complexity index is 548. The van der Waals surface area contributed by atoms with Gasteiger partial charge in [-0.3, -0.25) is 4.79 Å². The predicted octanol–water partition coefficient (Wildman–Crippen LogP) is 3.25. The number of halogens is 1. The van der Waals surface area contributed by atoms with Crippen LogP contribution in [0, 0.1) is 17.7 Å². The van der Waals surface area contributed by atoms with Crippen LogP contribution in [0.5, 0.6) is 0 Å². The Balaban J connectivity index is 1.81. The van der Waals surface area contributed by atoms with Gasteiger partial charge in [-0.15, -0.1) is 0 Å². The molecule has 4 atom stereocenters. The molecule has 0 bridgehead atoms. The zero-order valence-corrected chi connectivity index (χ0v) is 13.2. The average molecular weight is 304 g/mol. The van der Waals surface area contributed by atoms with E-state index < -0.39 is 0 Å². The number of nitrogens with zero attached hydrogens (tertiary/aromatic N) is 1. The number of hydrogen-bond acceptors (Lipinski definition) is 2. The van der Waals surface area contributed by atoms with Crippen LogP contribution in [0.2, 0.25) is 0 Å². The fourth-order valence-corrected chi connectivity index (χ4v) is 4.08. The first-order valence-corrected chi connectivity index (χ1v) is 8.38. The van der Waals surface area contributed by atoms with Crippen LogP contribution in [0.3, 0.4) is 0 Å². The van der Waals surface area contributed by atoms with Crippen molar-refractivity contribution in [1.82, 2.24) is 4.90 Å². The van der Waals surface area contributed by atoms with Gasteiger partial charge >= 0.3 is 0 Å². The molecular formula is C18H25FN2O. The summed E-state index contributed by atoms with van der Waals surface area (Å²) in [5.74, 6) is 0.394. The van der Waals surface area contributed by atoms with Crippen LogP contribution >= 0.6 is 0 Å². The Kier molecular flexibility index (Phi) is 4.48. The second kappa shape index (κ2) is 6.37. The predicted molar refractivity (Wildman–Crippen MR) is 84.6 cm³/mol. The van der Waals surface area contributed by atoms with Crippen LogP contribution in [0.25, 0.3) is 0 Å². The normalized spacial score (nSPS) is 32.2. The molecule has 1 aromatic carbocycles. The number of nitrogens with two attached hydrogens (primary N) is 1. The highest BCUT2D eigenvalue weighted by Gasteiger charge is 2.39. The minimum atomic E-state index is -0.233. The lowest BCUT2D eigenvalue weighted by Crippen LogP contribution is -2.40. The van der Waals surface area contributed by atoms with Crippen LogP contribution in [0.4, 0.5) is 4.39 Å². The third-order valence-electron chi connectivity index (χ3n) is 5.24. The Morgan fingerprint density at radius 3 is 2.86 bits per heavy atom. The molecular weight excluding hydrogens is 279 g/mol. The van der Waals surface area contributed by atoms with Gasteiger partial charge in [0.1, 0.15) is 5.82 Å². The van der Waals surface area contributed by atoms with Gasteiger partial charge in [-0.25, -0.2) is 4.39 Å². The van der Waals surface area contributed by atoms with E-state index in [9.17, 15) is 9.18 Å². The first kappa shape index (κ1) is 15.5. The second-order valence-corrected chi connectivity index (χ2v) is 6.92. The Labute approximate surface area is 131 Å². The van der Waals surface area contributed by atoms with Crippen molar-refractivity contribution in [3.8, 4) is 0 Å². The molecule has 1 saturated heterocycles. The summed E-state index contributed by atoms with van der Waals surface area (Å²) in [7, 11) is 0. The van der Waals surface area contributed by atoms with Gasteiger partial charge in [0.2, 0.25) is 5.91 Å². The van der Waals surface area contributed by atoms with E-state index in [1.165, 1.54) is 6.07 Å². The molecule has 0 radical (unpaired) electrons. The Morgan fingerprint density at radius 2 is 2.14 bits per heavy atom. The molecule has 1 saturated carbocycles. The maximum atomic E-state index is 13.6. The van der Waals surface area contributed by atoms with E-state index in [-0.39, 0.29) is 29.7 Å². The van der Waals surface area contributed by atoms with Gasteiger partial charge in [0.05, 0.1) is 6.04 Å². The maximum absolute atomic E-state index is 13.6. The monoisotopic (exact) mass is 304 g/mol. The van der Waals surface area contributed by atoms with Gasteiger partial charge in [0.25, 0.3) is 0 Å². The lowest BCUT2D eigenvalue weighted by molar-refractivity contribution is -0.138. The molecule has 1 heterocycles. The number of likely N-dealkylation sites (tertiary alicyclic amines) is 1. The Hall–Kier alpha value is -1.42. The molecule has 120 valence electrons. The molecule has 1 amide bonds. The van der Waals surface area contributed by atoms with Crippen LogP contribution in [0.1, 0.15) is 50.6 Å². The van der Waals surface area contributed by atoms with E-state index >= 15 is 0 Å². The second-order valence-electron chi connectivity index (χ2n) is 6.92. The SMILES string of the molecule is CC1CCN(C(=O)C2CCCC(N)C2)C1c1cccc(F)c1. The highest BCUT2D eigenvalue weighted by Crippen LogP contribution is 2.39. The van der Waals surface area contributed by atoms with Gasteiger partial charge in [0.15, 0.2) is 0 Å². The van der Waals surface area contributed by atoms with Crippen molar-refractivity contribution in [2.75, 3.05) is 6.54 Å². The van der Waals surface area contributed by atoms with Gasteiger partial charge in [0, 0.05) is 18.5 Å². The zero-order valence-electron chi connectivity index (χ0n) is 13.2. The van der Waals surface area contributed by atoms with Crippen LogP contribution < -0.4 is 5.73 Å². The quantitative estimate of drug-likeness (QED) is 0.911. The van der Waals surface area contributed by atoms with Crippen molar-refractivity contribution in [3.05, 3.63) is 35.6 Å². The minimum absolute atomic E-state index is 0.00125. The summed E-state index contributed by atoms with van der Waals surface area (Å²) in [4.78, 5) is 14.9. The zero-order chi connectivity index (χ0) is 15.7. The molecule has 4 unspecified atom stereocenters. The van der Waals surface area contributed by atoms with Crippen LogP contribution in [0.15, 0.2) is 24.3 Å². The third-order valence-corrected chi connectivity index (χ3v) is 5.24. The van der Waals surface area contributed by atoms with Gasteiger partial charge in [-0.05, 0) is 49.3 Å². The third kappa shape index (κ3) is 3.02. The number of benzene rings is 1. The van der Waals surface area contributed by atoms with Gasteiger partial charge in [-0.1, -0.05) is 25.5 Å². The molecule has 1 aliphatic carbocycles. The minimum Gasteiger partial charge on any atom is -0.335 e. The van der Waals surface area contributed by atoms with E-state index in [0.29, 0.717) is 5.92 Å². The van der Waals surface area contributed by atoms with E-state index in [2.05, 4.69) is 6.92 Å². The van der Waals surface area contributed by atoms with E-state index in [1.807, 2.05) is 11.0 Å². The summed E-state index contributed by atoms with van der Waals surface area (Å²) in [6, 6.07) is 6.84. The van der Waals surface area contributed by atoms with Crippen molar-refractivity contribution >= 4 is 5.91 Å². The lowest BCUT2D eigenvalue weighted by atomic mass is 9.84. The molecule has 0 aromatic heterocycles. The Morgan fingerprint density at radius 1 is 1.32 bits per heavy atom. The van der Waals surface area contributed by atoms with Crippen molar-refractivity contribution in [2.45, 2.75) is 51.1 Å². The molecule has 2 N–H and O–H groups in total. The summed E-state index contributed by atoms with van der Waals surface area (Å²) >= 11 is 0. The maximum Gasteiger partial charge on any atom is 0.226 e. The van der Waals surface area contributed by atoms with E-state index in [0.717, 1.165) is 44.2 Å². The lowest BCUT2D eigenvalue weighted by Gasteiger charge is -2.33. The van der Waals surface area contributed by atoms with E-state index in [4.69, 9.17) is 5.73 Å². The number of carbonyl (C=O) groups is 1. The largest absolute Gasteiger partial charge is 0.335 e. The molecule has 1 aliphatic heterocycles. The van der Waals surface area contributed by atoms with Crippen molar-refractivity contribution < 1.29 is 9.18 Å². The standard InChI is InChI=1S/C18H25FN2O/c1-12-8-9-21(17(12)13-4-2-6-15(19)10-13)18(22)14-5-3-7-16(20)11-14/h2,4,6,10,12,14,16-17H,3,5,7-9,11,20H2,1H3.